The predicted molar refractivity (Wildman–Crippen MR) is 246 cm³/mol. The molecule has 3 aliphatic rings. The summed E-state index contributed by atoms with van der Waals surface area (Å²) in [5.41, 5.74) is 15.9. The maximum Gasteiger partial charge on any atom is 0.762 e. The van der Waals surface area contributed by atoms with Crippen LogP contribution in [0.5, 0.6) is 0 Å². The number of allylic oxidation sites excluding steroid dienone is 7. The van der Waals surface area contributed by atoms with E-state index >= 15 is 0 Å². The van der Waals surface area contributed by atoms with E-state index in [1.807, 2.05) is 0 Å². The van der Waals surface area contributed by atoms with Gasteiger partial charge in [-0.15, -0.1) is 0 Å². The first kappa shape index (κ1) is 42.5. The topological polar surface area (TPSA) is 9.49 Å². The normalized spacial score (nSPS) is 17.3. The molecule has 0 fully saturated rings. The van der Waals surface area contributed by atoms with E-state index in [-0.39, 0.29) is 15.5 Å². The van der Waals surface area contributed by atoms with Crippen LogP contribution in [-0.2, 0) is 10.8 Å². The molecule has 9 rings (SSSR count). The van der Waals surface area contributed by atoms with Gasteiger partial charge in [-0.3, -0.25) is 12.9 Å². The fourth-order valence-electron chi connectivity index (χ4n) is 9.01. The van der Waals surface area contributed by atoms with Gasteiger partial charge in [0.25, 0.3) is 0 Å². The Morgan fingerprint density at radius 1 is 0.574 bits per heavy atom. The molecule has 2 heterocycles. The predicted octanol–water partition coefficient (Wildman–Crippen LogP) is 11.5. The third kappa shape index (κ3) is 8.27. The van der Waals surface area contributed by atoms with Gasteiger partial charge in [0.2, 0.25) is 11.4 Å². The summed E-state index contributed by atoms with van der Waals surface area (Å²) in [6.07, 6.45) is 11.5. The molecule has 3 nitrogen and oxygen atoms in total. The Bertz CT molecular complexity index is 2590. The number of benzene rings is 6. The number of rotatable bonds is 8. The molecule has 6 aromatic rings. The van der Waals surface area contributed by atoms with E-state index in [9.17, 15) is 12.9 Å². The average molecular weight is 814 g/mol. The van der Waals surface area contributed by atoms with Crippen LogP contribution in [0.1, 0.15) is 51.7 Å². The third-order valence-corrected chi connectivity index (χ3v) is 11.8. The minimum Gasteiger partial charge on any atom is -1.00 e. The first-order chi connectivity index (χ1) is 29.1. The Morgan fingerprint density at radius 2 is 1.08 bits per heavy atom. The van der Waals surface area contributed by atoms with Crippen LogP contribution in [0.4, 0.5) is 47.1 Å². The Hall–Kier alpha value is -6.67. The second-order valence-electron chi connectivity index (χ2n) is 16.2. The number of hydrogen-bond donors (Lipinski definition) is 0. The van der Waals surface area contributed by atoms with Gasteiger partial charge in [0.15, 0.2) is 5.71 Å². The van der Waals surface area contributed by atoms with Crippen molar-refractivity contribution in [2.24, 2.45) is 0 Å². The molecular weight excluding hydrogens is 765 g/mol. The van der Waals surface area contributed by atoms with Crippen molar-refractivity contribution >= 4 is 47.4 Å². The summed E-state index contributed by atoms with van der Waals surface area (Å²) in [6, 6.07) is 61.0. The summed E-state index contributed by atoms with van der Waals surface area (Å²) in [5, 5.41) is 0. The highest BCUT2D eigenvalue weighted by Crippen LogP contribution is 2.51. The quantitative estimate of drug-likeness (QED) is 0.0860. The fourth-order valence-corrected chi connectivity index (χ4v) is 9.01. The largest absolute Gasteiger partial charge is 1.00 e. The van der Waals surface area contributed by atoms with E-state index in [1.165, 1.54) is 62.1 Å². The molecule has 2 aliphatic heterocycles. The van der Waals surface area contributed by atoms with Crippen molar-refractivity contribution in [1.29, 1.82) is 0 Å². The van der Waals surface area contributed by atoms with Crippen LogP contribution in [-0.4, -0.2) is 13.3 Å². The van der Waals surface area contributed by atoms with E-state index in [1.54, 1.807) is 0 Å². The van der Waals surface area contributed by atoms with Gasteiger partial charge in [-0.05, 0) is 91.9 Å². The van der Waals surface area contributed by atoms with Crippen molar-refractivity contribution in [3.05, 3.63) is 228 Å². The van der Waals surface area contributed by atoms with Gasteiger partial charge in [0, 0.05) is 63.7 Å². The first-order valence-corrected chi connectivity index (χ1v) is 20.5. The molecule has 0 N–H and O–H groups in total. The minimum atomic E-state index is -3.67. The lowest BCUT2D eigenvalue weighted by Gasteiger charge is -2.29. The number of nitrogens with zero attached hydrogens (tertiary/aromatic N) is 3. The van der Waals surface area contributed by atoms with Crippen LogP contribution >= 0.6 is 0 Å². The number of halogens is 4. The van der Waals surface area contributed by atoms with Crippen molar-refractivity contribution < 1.29 is 17.7 Å². The number of anilines is 4. The van der Waals surface area contributed by atoms with Gasteiger partial charge in [0.1, 0.15) is 0 Å². The summed E-state index contributed by atoms with van der Waals surface area (Å²) in [7, 11) is -3.67. The molecule has 0 unspecified atom stereocenters. The molecule has 0 radical (unpaired) electrons. The van der Waals surface area contributed by atoms with Crippen molar-refractivity contribution in [2.45, 2.75) is 51.4 Å². The van der Waals surface area contributed by atoms with Gasteiger partial charge in [-0.25, -0.2) is 0 Å². The van der Waals surface area contributed by atoms with E-state index in [0.717, 1.165) is 24.2 Å². The van der Waals surface area contributed by atoms with Crippen molar-refractivity contribution in [1.82, 2.24) is 4.58 Å². The maximum absolute atomic E-state index is 9.67. The molecule has 0 saturated carbocycles. The summed E-state index contributed by atoms with van der Waals surface area (Å²) >= 11 is 0. The van der Waals surface area contributed by atoms with Gasteiger partial charge >= 0.3 is 7.54 Å². The zero-order chi connectivity index (χ0) is 41.9. The van der Waals surface area contributed by atoms with Crippen molar-refractivity contribution in [3.8, 4) is 0 Å². The highest BCUT2D eigenvalue weighted by Gasteiger charge is 2.45. The highest BCUT2D eigenvalue weighted by molar-refractivity contribution is 6.33. The summed E-state index contributed by atoms with van der Waals surface area (Å²) in [5.74, 6) is 0. The Labute approximate surface area is 357 Å². The summed E-state index contributed by atoms with van der Waals surface area (Å²) < 4.78 is 31.5. The molecule has 0 bridgehead atoms. The van der Waals surface area contributed by atoms with Crippen LogP contribution in [0.3, 0.4) is 0 Å². The second-order valence-corrected chi connectivity index (χ2v) is 16.2. The molecule has 0 aromatic heterocycles. The van der Waals surface area contributed by atoms with E-state index in [0.29, 0.717) is 0 Å². The smallest absolute Gasteiger partial charge is 0.762 e. The lowest BCUT2D eigenvalue weighted by Crippen LogP contribution is -3.00. The Kier molecular flexibility index (Phi) is 12.5. The first-order valence-electron chi connectivity index (χ1n) is 20.5. The van der Waals surface area contributed by atoms with Gasteiger partial charge in [-0.2, -0.15) is 4.58 Å². The van der Waals surface area contributed by atoms with E-state index in [4.69, 9.17) is 0 Å². The molecular formula is C53H48BF4N3. The summed E-state index contributed by atoms with van der Waals surface area (Å²) in [4.78, 5) is 4.92. The van der Waals surface area contributed by atoms with E-state index < -0.39 is 7.54 Å². The standard InChI is InChI=1S/C53H48N3.BF3.FH/c1-52(2)45-29-17-19-31-47(45)55(43-25-13-7-14-26-43)49(52)37-35-39-33-34-40(51(39)54(41-21-9-5-10-22-41)42-23-11-6-12-24-42)36-38-50-53(3,4)46-30-18-20-32-48(46)56(50)44-27-15-8-16-28-44;2-1(3)4;/h5-32,35-38H,33-34H2,1-4H3;;1H/q+1;;/p-1. The SMILES string of the molecule is CC1(C)C(/C=C/C2=C(N(c3ccccc3)c3ccccc3)C(=C/C=C3/N(c4ccccc4)c4ccccc4C3(C)C)/CC2)=[N+](c2ccccc2)c2ccccc21.FB(F)F.[F-]. The lowest BCUT2D eigenvalue weighted by atomic mass is 9.81. The van der Waals surface area contributed by atoms with Crippen molar-refractivity contribution in [3.63, 3.8) is 0 Å². The lowest BCUT2D eigenvalue weighted by molar-refractivity contribution is -0.0000147. The maximum atomic E-state index is 9.67. The number of fused-ring (bicyclic) bond motifs is 2. The van der Waals surface area contributed by atoms with Crippen LogP contribution in [0.25, 0.3) is 0 Å². The molecule has 0 atom stereocenters. The van der Waals surface area contributed by atoms with Gasteiger partial charge in [-0.1, -0.05) is 135 Å². The molecule has 1 aliphatic carbocycles. The Morgan fingerprint density at radius 3 is 1.69 bits per heavy atom. The average Bonchev–Trinajstić information content (AvgIpc) is 3.84. The molecule has 0 saturated heterocycles. The molecule has 0 spiro atoms. The molecule has 6 aromatic carbocycles. The molecule has 61 heavy (non-hydrogen) atoms. The van der Waals surface area contributed by atoms with Crippen LogP contribution in [0.2, 0.25) is 0 Å². The monoisotopic (exact) mass is 813 g/mol. The number of para-hydroxylation sites is 6. The van der Waals surface area contributed by atoms with Crippen LogP contribution < -0.4 is 19.1 Å². The van der Waals surface area contributed by atoms with Gasteiger partial charge in [0.05, 0.1) is 11.1 Å². The zero-order valence-corrected chi connectivity index (χ0v) is 34.8. The Balaban J connectivity index is 0.00000108. The summed E-state index contributed by atoms with van der Waals surface area (Å²) in [6.45, 7) is 9.43. The fraction of sp³-hybridized carbons (Fsp3) is 0.151. The zero-order valence-electron chi connectivity index (χ0n) is 34.8. The van der Waals surface area contributed by atoms with E-state index in [2.05, 4.69) is 236 Å². The van der Waals surface area contributed by atoms with Gasteiger partial charge < -0.3 is 14.5 Å². The molecule has 0 amide bonds. The van der Waals surface area contributed by atoms with Crippen molar-refractivity contribution in [2.75, 3.05) is 9.80 Å². The molecule has 8 heteroatoms. The number of hydrogen-bond acceptors (Lipinski definition) is 2. The van der Waals surface area contributed by atoms with Crippen LogP contribution in [0.15, 0.2) is 217 Å². The minimum absolute atomic E-state index is 0. The van der Waals surface area contributed by atoms with Crippen LogP contribution in [0, 0.1) is 0 Å². The third-order valence-electron chi connectivity index (χ3n) is 11.8. The second kappa shape index (κ2) is 17.9. The molecule has 306 valence electrons. The highest BCUT2D eigenvalue weighted by atomic mass is 19.4.